The summed E-state index contributed by atoms with van der Waals surface area (Å²) in [6.45, 7) is 2.27. The summed E-state index contributed by atoms with van der Waals surface area (Å²) < 4.78 is 23.4. The third-order valence-corrected chi connectivity index (χ3v) is 5.18. The van der Waals surface area contributed by atoms with Crippen molar-refractivity contribution in [2.45, 2.75) is 24.4 Å². The van der Waals surface area contributed by atoms with E-state index in [2.05, 4.69) is 15.0 Å². The van der Waals surface area contributed by atoms with Crippen LogP contribution in [0.1, 0.15) is 28.0 Å². The number of benzene rings is 1. The smallest absolute Gasteiger partial charge is 0.343 e. The van der Waals surface area contributed by atoms with Gasteiger partial charge in [-0.2, -0.15) is 0 Å². The van der Waals surface area contributed by atoms with E-state index in [1.807, 2.05) is 5.38 Å². The molecule has 2 aromatic heterocycles. The van der Waals surface area contributed by atoms with Gasteiger partial charge in [0.1, 0.15) is 34.6 Å². The second-order valence-corrected chi connectivity index (χ2v) is 7.32. The molecule has 0 atom stereocenters. The third kappa shape index (κ3) is 5.40. The first kappa shape index (κ1) is 20.0. The number of nitrogens with zero attached hydrogens (tertiary/aromatic N) is 3. The summed E-state index contributed by atoms with van der Waals surface area (Å²) in [5.41, 5.74) is 6.82. The largest absolute Gasteiger partial charge is 0.486 e. The van der Waals surface area contributed by atoms with Crippen molar-refractivity contribution < 1.29 is 18.7 Å². The van der Waals surface area contributed by atoms with Crippen molar-refractivity contribution in [3.8, 4) is 5.75 Å². The fourth-order valence-electron chi connectivity index (χ4n) is 2.11. The molecule has 0 spiro atoms. The first-order valence-electron chi connectivity index (χ1n) is 8.29. The van der Waals surface area contributed by atoms with Crippen LogP contribution in [-0.4, -0.2) is 27.5 Å². The van der Waals surface area contributed by atoms with Gasteiger partial charge in [-0.1, -0.05) is 11.8 Å². The number of aromatic nitrogens is 3. The number of carbonyl (C=O) groups excluding carboxylic acids is 1. The molecule has 3 rings (SSSR count). The van der Waals surface area contributed by atoms with Gasteiger partial charge in [-0.05, 0) is 31.2 Å². The van der Waals surface area contributed by atoms with Gasteiger partial charge in [-0.3, -0.25) is 0 Å². The number of hydrogen-bond donors (Lipinski definition) is 1. The van der Waals surface area contributed by atoms with E-state index in [9.17, 15) is 9.18 Å². The number of esters is 1. The molecule has 0 aliphatic heterocycles. The van der Waals surface area contributed by atoms with Gasteiger partial charge in [-0.25, -0.2) is 24.1 Å². The minimum absolute atomic E-state index is 0.0858. The average molecular weight is 420 g/mol. The summed E-state index contributed by atoms with van der Waals surface area (Å²) in [6, 6.07) is 5.83. The molecule has 0 aliphatic rings. The Labute approximate surface area is 169 Å². The lowest BCUT2D eigenvalue weighted by Gasteiger charge is -2.05. The van der Waals surface area contributed by atoms with Gasteiger partial charge < -0.3 is 15.2 Å². The molecule has 0 radical (unpaired) electrons. The molecule has 0 saturated heterocycles. The molecular weight excluding hydrogens is 403 g/mol. The van der Waals surface area contributed by atoms with E-state index in [0.29, 0.717) is 23.3 Å². The number of halogens is 1. The maximum atomic E-state index is 12.9. The maximum Gasteiger partial charge on any atom is 0.343 e. The van der Waals surface area contributed by atoms with Crippen LogP contribution in [0.25, 0.3) is 0 Å². The van der Waals surface area contributed by atoms with Crippen molar-refractivity contribution in [3.05, 3.63) is 57.9 Å². The number of rotatable bonds is 8. The van der Waals surface area contributed by atoms with Crippen LogP contribution in [0, 0.1) is 5.82 Å². The van der Waals surface area contributed by atoms with E-state index in [1.165, 1.54) is 41.4 Å². The first-order chi connectivity index (χ1) is 13.5. The van der Waals surface area contributed by atoms with Gasteiger partial charge in [0.2, 0.25) is 0 Å². The SMILES string of the molecule is CCOC(=O)c1cnc(SCc2csc(COc3ccc(F)cc3)n2)nc1N. The van der Waals surface area contributed by atoms with Crippen molar-refractivity contribution in [3.63, 3.8) is 0 Å². The molecule has 0 saturated carbocycles. The zero-order valence-corrected chi connectivity index (χ0v) is 16.6. The molecule has 0 bridgehead atoms. The molecule has 2 heterocycles. The van der Waals surface area contributed by atoms with Crippen LogP contribution in [0.5, 0.6) is 5.75 Å². The van der Waals surface area contributed by atoms with E-state index >= 15 is 0 Å². The minimum Gasteiger partial charge on any atom is -0.486 e. The lowest BCUT2D eigenvalue weighted by Crippen LogP contribution is -2.10. The fraction of sp³-hybridized carbons (Fsp3) is 0.222. The van der Waals surface area contributed by atoms with E-state index in [1.54, 1.807) is 19.1 Å². The zero-order chi connectivity index (χ0) is 19.9. The highest BCUT2D eigenvalue weighted by atomic mass is 32.2. The molecular formula is C18H17FN4O3S2. The lowest BCUT2D eigenvalue weighted by molar-refractivity contribution is 0.0526. The number of hydrogen-bond acceptors (Lipinski definition) is 9. The highest BCUT2D eigenvalue weighted by Crippen LogP contribution is 2.23. The van der Waals surface area contributed by atoms with Crippen molar-refractivity contribution in [2.75, 3.05) is 12.3 Å². The molecule has 7 nitrogen and oxygen atoms in total. The molecule has 10 heteroatoms. The fourth-order valence-corrected chi connectivity index (χ4v) is 3.64. The molecule has 0 amide bonds. The second kappa shape index (κ2) is 9.47. The highest BCUT2D eigenvalue weighted by molar-refractivity contribution is 7.98. The number of thiazole rings is 1. The number of carbonyl (C=O) groups is 1. The van der Waals surface area contributed by atoms with E-state index in [-0.39, 0.29) is 23.8 Å². The number of thioether (sulfide) groups is 1. The summed E-state index contributed by atoms with van der Waals surface area (Å²) in [5, 5.41) is 3.17. The Kier molecular flexibility index (Phi) is 6.77. The number of nitrogen functional groups attached to an aromatic ring is 1. The van der Waals surface area contributed by atoms with Gasteiger partial charge in [0.05, 0.1) is 12.3 Å². The summed E-state index contributed by atoms with van der Waals surface area (Å²) in [5.74, 6) is 0.368. The molecule has 2 N–H and O–H groups in total. The van der Waals surface area contributed by atoms with Crippen LogP contribution < -0.4 is 10.5 Å². The molecule has 0 unspecified atom stereocenters. The number of ether oxygens (including phenoxy) is 2. The monoisotopic (exact) mass is 420 g/mol. The molecule has 0 fully saturated rings. The topological polar surface area (TPSA) is 100 Å². The Balaban J connectivity index is 1.53. The quantitative estimate of drug-likeness (QED) is 0.334. The molecule has 146 valence electrons. The zero-order valence-electron chi connectivity index (χ0n) is 14.9. The van der Waals surface area contributed by atoms with Gasteiger partial charge in [0.15, 0.2) is 5.16 Å². The Bertz CT molecular complexity index is 950. The Morgan fingerprint density at radius 3 is 2.79 bits per heavy atom. The van der Waals surface area contributed by atoms with Crippen LogP contribution in [0.4, 0.5) is 10.2 Å². The van der Waals surface area contributed by atoms with Crippen LogP contribution >= 0.6 is 23.1 Å². The van der Waals surface area contributed by atoms with E-state index in [0.717, 1.165) is 10.7 Å². The van der Waals surface area contributed by atoms with Crippen LogP contribution in [0.15, 0.2) is 41.0 Å². The van der Waals surface area contributed by atoms with E-state index in [4.69, 9.17) is 15.2 Å². The van der Waals surface area contributed by atoms with Gasteiger partial charge >= 0.3 is 5.97 Å². The summed E-state index contributed by atoms with van der Waals surface area (Å²) >= 11 is 2.83. The van der Waals surface area contributed by atoms with Crippen molar-refractivity contribution in [1.82, 2.24) is 15.0 Å². The maximum absolute atomic E-state index is 12.9. The number of nitrogens with two attached hydrogens (primary N) is 1. The second-order valence-electron chi connectivity index (χ2n) is 5.44. The molecule has 28 heavy (non-hydrogen) atoms. The van der Waals surface area contributed by atoms with Crippen molar-refractivity contribution in [2.24, 2.45) is 0 Å². The molecule has 0 aliphatic carbocycles. The summed E-state index contributed by atoms with van der Waals surface area (Å²) in [4.78, 5) is 24.5. The normalized spacial score (nSPS) is 10.6. The minimum atomic E-state index is -0.540. The lowest BCUT2D eigenvalue weighted by atomic mass is 10.3. The van der Waals surface area contributed by atoms with Crippen LogP contribution in [0.3, 0.4) is 0 Å². The summed E-state index contributed by atoms with van der Waals surface area (Å²) in [6.07, 6.45) is 1.37. The average Bonchev–Trinajstić information content (AvgIpc) is 3.14. The first-order valence-corrected chi connectivity index (χ1v) is 10.2. The van der Waals surface area contributed by atoms with Crippen LogP contribution in [-0.2, 0) is 17.1 Å². The standard InChI is InChI=1S/C18H17FN4O3S2/c1-2-25-17(24)14-7-21-18(23-16(14)20)28-10-12-9-27-15(22-12)8-26-13-5-3-11(19)4-6-13/h3-7,9H,2,8,10H2,1H3,(H2,20,21,23). The van der Waals surface area contributed by atoms with Crippen LogP contribution in [0.2, 0.25) is 0 Å². The van der Waals surface area contributed by atoms with E-state index < -0.39 is 5.97 Å². The predicted molar refractivity (Wildman–Crippen MR) is 105 cm³/mol. The Morgan fingerprint density at radius 1 is 1.29 bits per heavy atom. The van der Waals surface area contributed by atoms with Crippen molar-refractivity contribution >= 4 is 34.9 Å². The Morgan fingerprint density at radius 2 is 2.07 bits per heavy atom. The molecule has 3 aromatic rings. The Hall–Kier alpha value is -2.72. The molecule has 1 aromatic carbocycles. The summed E-state index contributed by atoms with van der Waals surface area (Å²) in [7, 11) is 0. The van der Waals surface area contributed by atoms with Crippen molar-refractivity contribution in [1.29, 1.82) is 0 Å². The predicted octanol–water partition coefficient (Wildman–Crippen LogP) is 3.70. The third-order valence-electron chi connectivity index (χ3n) is 3.42. The van der Waals surface area contributed by atoms with Gasteiger partial charge in [0, 0.05) is 17.3 Å². The number of anilines is 1. The van der Waals surface area contributed by atoms with Gasteiger partial charge in [0.25, 0.3) is 0 Å². The highest BCUT2D eigenvalue weighted by Gasteiger charge is 2.14. The van der Waals surface area contributed by atoms with Gasteiger partial charge in [-0.15, -0.1) is 11.3 Å².